The van der Waals surface area contributed by atoms with Crippen molar-refractivity contribution in [2.24, 2.45) is 9.98 Å². The standard InChI is InChI=1S/C47H46N2O2/c1-45(2,3)39-29-34(44(51)40(30-39)46(4,5)6)32-49-42-25-17-16-24-41(42)48-31-33-28-38(26-27-43(33)50)47(35-18-10-7-11-19-35,36-20-12-8-13-21-36)37-22-14-9-15-23-37/h7-32,50-51H,1-6H3. The first-order valence-corrected chi connectivity index (χ1v) is 17.4. The third-order valence-electron chi connectivity index (χ3n) is 9.46. The van der Waals surface area contributed by atoms with Crippen LogP contribution in [0.2, 0.25) is 0 Å². The highest BCUT2D eigenvalue weighted by Crippen LogP contribution is 2.46. The largest absolute Gasteiger partial charge is 0.507 e. The van der Waals surface area contributed by atoms with Crippen LogP contribution in [0.1, 0.15) is 86.1 Å². The van der Waals surface area contributed by atoms with Crippen molar-refractivity contribution in [1.82, 2.24) is 0 Å². The zero-order chi connectivity index (χ0) is 36.2. The van der Waals surface area contributed by atoms with Gasteiger partial charge >= 0.3 is 0 Å². The monoisotopic (exact) mass is 670 g/mol. The molecule has 2 N–H and O–H groups in total. The van der Waals surface area contributed by atoms with E-state index in [-0.39, 0.29) is 22.3 Å². The molecule has 4 nitrogen and oxygen atoms in total. The molecule has 0 saturated carbocycles. The molecule has 0 fully saturated rings. The summed E-state index contributed by atoms with van der Waals surface area (Å²) in [4.78, 5) is 9.70. The van der Waals surface area contributed by atoms with Gasteiger partial charge < -0.3 is 10.2 Å². The molecule has 4 heteroatoms. The van der Waals surface area contributed by atoms with E-state index in [4.69, 9.17) is 9.98 Å². The number of hydrogen-bond acceptors (Lipinski definition) is 4. The fourth-order valence-corrected chi connectivity index (χ4v) is 6.68. The van der Waals surface area contributed by atoms with E-state index in [2.05, 4.69) is 120 Å². The van der Waals surface area contributed by atoms with Crippen LogP contribution in [0.15, 0.2) is 156 Å². The molecule has 0 unspecified atom stereocenters. The Morgan fingerprint density at radius 2 is 0.863 bits per heavy atom. The molecule has 6 aromatic rings. The second kappa shape index (κ2) is 14.2. The van der Waals surface area contributed by atoms with E-state index in [9.17, 15) is 10.2 Å². The van der Waals surface area contributed by atoms with Gasteiger partial charge in [0, 0.05) is 29.1 Å². The van der Waals surface area contributed by atoms with Crippen LogP contribution in [0.5, 0.6) is 11.5 Å². The summed E-state index contributed by atoms with van der Waals surface area (Å²) in [6.45, 7) is 12.8. The maximum Gasteiger partial charge on any atom is 0.128 e. The van der Waals surface area contributed by atoms with Gasteiger partial charge in [-0.2, -0.15) is 0 Å². The fourth-order valence-electron chi connectivity index (χ4n) is 6.68. The number of nitrogens with zero attached hydrogens (tertiary/aromatic N) is 2. The summed E-state index contributed by atoms with van der Waals surface area (Å²) < 4.78 is 0. The highest BCUT2D eigenvalue weighted by Gasteiger charge is 2.38. The Morgan fingerprint density at radius 1 is 0.431 bits per heavy atom. The quantitative estimate of drug-likeness (QED) is 0.125. The molecule has 0 bridgehead atoms. The van der Waals surface area contributed by atoms with Crippen LogP contribution in [0.25, 0.3) is 0 Å². The number of para-hydroxylation sites is 2. The van der Waals surface area contributed by atoms with Crippen LogP contribution in [0.3, 0.4) is 0 Å². The van der Waals surface area contributed by atoms with Gasteiger partial charge in [-0.25, -0.2) is 0 Å². The predicted molar refractivity (Wildman–Crippen MR) is 213 cm³/mol. The Kier molecular flexibility index (Phi) is 9.80. The molecule has 0 radical (unpaired) electrons. The van der Waals surface area contributed by atoms with Crippen molar-refractivity contribution in [3.05, 3.63) is 190 Å². The van der Waals surface area contributed by atoms with E-state index >= 15 is 0 Å². The second-order valence-corrected chi connectivity index (χ2v) is 15.1. The molecule has 0 heterocycles. The first-order chi connectivity index (χ1) is 24.4. The first-order valence-electron chi connectivity index (χ1n) is 17.4. The molecule has 0 aliphatic heterocycles. The topological polar surface area (TPSA) is 65.2 Å². The Balaban J connectivity index is 1.44. The van der Waals surface area contributed by atoms with Gasteiger partial charge in [0.15, 0.2) is 0 Å². The molecule has 0 aliphatic rings. The molecule has 6 rings (SSSR count). The number of benzene rings is 6. The molecule has 6 aromatic carbocycles. The van der Waals surface area contributed by atoms with Crippen molar-refractivity contribution < 1.29 is 10.2 Å². The zero-order valence-corrected chi connectivity index (χ0v) is 30.3. The lowest BCUT2D eigenvalue weighted by molar-refractivity contribution is 0.444. The smallest absolute Gasteiger partial charge is 0.128 e. The number of phenols is 2. The number of aromatic hydroxyl groups is 2. The Morgan fingerprint density at radius 3 is 1.31 bits per heavy atom. The van der Waals surface area contributed by atoms with Crippen LogP contribution >= 0.6 is 0 Å². The summed E-state index contributed by atoms with van der Waals surface area (Å²) in [5.74, 6) is 0.367. The molecule has 0 aliphatic carbocycles. The normalized spacial score (nSPS) is 12.5. The summed E-state index contributed by atoms with van der Waals surface area (Å²) in [6, 6.07) is 49.0. The summed E-state index contributed by atoms with van der Waals surface area (Å²) in [7, 11) is 0. The van der Waals surface area contributed by atoms with E-state index < -0.39 is 5.41 Å². The van der Waals surface area contributed by atoms with Gasteiger partial charge in [-0.05, 0) is 69.0 Å². The Bertz CT molecular complexity index is 2080. The predicted octanol–water partition coefficient (Wildman–Crippen LogP) is 11.6. The molecule has 0 amide bonds. The number of rotatable bonds is 8. The third-order valence-corrected chi connectivity index (χ3v) is 9.46. The van der Waals surface area contributed by atoms with Gasteiger partial charge in [0.2, 0.25) is 0 Å². The molecule has 0 saturated heterocycles. The van der Waals surface area contributed by atoms with Crippen molar-refractivity contribution in [2.75, 3.05) is 0 Å². The lowest BCUT2D eigenvalue weighted by Gasteiger charge is -2.37. The fraction of sp³-hybridized carbons (Fsp3) is 0.191. The van der Waals surface area contributed by atoms with Crippen LogP contribution in [0, 0.1) is 0 Å². The number of phenolic OH excluding ortho intramolecular Hbond substituents is 2. The van der Waals surface area contributed by atoms with Crippen LogP contribution < -0.4 is 0 Å². The van der Waals surface area contributed by atoms with E-state index in [0.717, 1.165) is 33.4 Å². The zero-order valence-electron chi connectivity index (χ0n) is 30.3. The van der Waals surface area contributed by atoms with Gasteiger partial charge in [0.05, 0.1) is 16.8 Å². The Labute approximate surface area is 302 Å². The average Bonchev–Trinajstić information content (AvgIpc) is 3.12. The van der Waals surface area contributed by atoms with E-state index in [0.29, 0.717) is 22.5 Å². The third kappa shape index (κ3) is 7.27. The molecular weight excluding hydrogens is 625 g/mol. The van der Waals surface area contributed by atoms with Crippen molar-refractivity contribution in [2.45, 2.75) is 57.8 Å². The van der Waals surface area contributed by atoms with Crippen LogP contribution in [-0.2, 0) is 16.2 Å². The summed E-state index contributed by atoms with van der Waals surface area (Å²) in [6.07, 6.45) is 3.43. The molecule has 0 aromatic heterocycles. The Hall–Kier alpha value is -5.74. The minimum Gasteiger partial charge on any atom is -0.507 e. The maximum absolute atomic E-state index is 11.3. The van der Waals surface area contributed by atoms with E-state index in [1.807, 2.05) is 60.7 Å². The van der Waals surface area contributed by atoms with Crippen molar-refractivity contribution in [1.29, 1.82) is 0 Å². The van der Waals surface area contributed by atoms with Crippen molar-refractivity contribution >= 4 is 23.8 Å². The highest BCUT2D eigenvalue weighted by atomic mass is 16.3. The average molecular weight is 671 g/mol. The van der Waals surface area contributed by atoms with Crippen molar-refractivity contribution in [3.8, 4) is 11.5 Å². The lowest BCUT2D eigenvalue weighted by Crippen LogP contribution is -2.31. The minimum atomic E-state index is -0.655. The van der Waals surface area contributed by atoms with Crippen LogP contribution in [-0.4, -0.2) is 22.6 Å². The second-order valence-electron chi connectivity index (χ2n) is 15.1. The maximum atomic E-state index is 11.3. The summed E-state index contributed by atoms with van der Waals surface area (Å²) >= 11 is 0. The first kappa shape index (κ1) is 35.1. The van der Waals surface area contributed by atoms with Gasteiger partial charge in [-0.3, -0.25) is 9.98 Å². The molecule has 256 valence electrons. The number of aliphatic imine (C=N–C) groups is 2. The van der Waals surface area contributed by atoms with E-state index in [1.54, 1.807) is 18.5 Å². The highest BCUT2D eigenvalue weighted by molar-refractivity contribution is 5.90. The summed E-state index contributed by atoms with van der Waals surface area (Å²) in [5, 5.41) is 22.5. The van der Waals surface area contributed by atoms with Crippen LogP contribution in [0.4, 0.5) is 11.4 Å². The SMILES string of the molecule is CC(C)(C)c1cc(C=Nc2ccccc2N=Cc2cc(C(c3ccccc3)(c3ccccc3)c3ccccc3)ccc2O)c(O)c(C(C)(C)C)c1. The molecule has 0 atom stereocenters. The van der Waals surface area contributed by atoms with Gasteiger partial charge in [-0.1, -0.05) is 157 Å². The number of hydrogen-bond donors (Lipinski definition) is 2. The lowest BCUT2D eigenvalue weighted by atomic mass is 9.65. The summed E-state index contributed by atoms with van der Waals surface area (Å²) in [5.41, 5.74) is 7.90. The van der Waals surface area contributed by atoms with Gasteiger partial charge in [-0.15, -0.1) is 0 Å². The van der Waals surface area contributed by atoms with E-state index in [1.165, 1.54) is 0 Å². The molecule has 51 heavy (non-hydrogen) atoms. The van der Waals surface area contributed by atoms with Crippen molar-refractivity contribution in [3.63, 3.8) is 0 Å². The minimum absolute atomic E-state index is 0.103. The molecule has 0 spiro atoms. The van der Waals surface area contributed by atoms with Gasteiger partial charge in [0.1, 0.15) is 11.5 Å². The molecular formula is C47H46N2O2. The van der Waals surface area contributed by atoms with Gasteiger partial charge in [0.25, 0.3) is 0 Å².